The van der Waals surface area contributed by atoms with Gasteiger partial charge in [0.25, 0.3) is 0 Å². The molecule has 9 heteroatoms. The summed E-state index contributed by atoms with van der Waals surface area (Å²) in [6, 6.07) is 3.97. The van der Waals surface area contributed by atoms with Crippen molar-refractivity contribution in [3.8, 4) is 0 Å². The first-order valence-electron chi connectivity index (χ1n) is 6.04. The summed E-state index contributed by atoms with van der Waals surface area (Å²) in [5.74, 6) is -2.59. The number of oxazole rings is 1. The summed E-state index contributed by atoms with van der Waals surface area (Å²) in [4.78, 5) is 24.2. The standard InChI is InChI=1S/C12H14N2O6S/c1-7(11(15)16)6-14(2)21(18,19)8-3-4-9-10(5-8)20-12(17)13-9/h3-5,7H,6H2,1-2H3,(H,13,17)(H,15,16). The summed E-state index contributed by atoms with van der Waals surface area (Å²) in [5, 5.41) is 8.84. The Balaban J connectivity index is 2.36. The van der Waals surface area contributed by atoms with Crippen molar-refractivity contribution >= 4 is 27.1 Å². The molecule has 21 heavy (non-hydrogen) atoms. The third kappa shape index (κ3) is 2.98. The minimum Gasteiger partial charge on any atom is -0.481 e. The SMILES string of the molecule is CC(CN(C)S(=O)(=O)c1ccc2[nH]c(=O)oc2c1)C(=O)O. The zero-order valence-corrected chi connectivity index (χ0v) is 12.2. The smallest absolute Gasteiger partial charge is 0.417 e. The van der Waals surface area contributed by atoms with Crippen molar-refractivity contribution in [2.75, 3.05) is 13.6 Å². The number of aliphatic carboxylic acids is 1. The Kier molecular flexibility index (Phi) is 3.88. The molecular weight excluding hydrogens is 300 g/mol. The molecule has 8 nitrogen and oxygen atoms in total. The minimum atomic E-state index is -3.86. The molecule has 1 unspecified atom stereocenters. The first kappa shape index (κ1) is 15.3. The third-order valence-corrected chi connectivity index (χ3v) is 4.87. The van der Waals surface area contributed by atoms with Crippen molar-refractivity contribution in [1.82, 2.24) is 9.29 Å². The first-order chi connectivity index (χ1) is 9.71. The fraction of sp³-hybridized carbons (Fsp3) is 0.333. The van der Waals surface area contributed by atoms with Crippen LogP contribution in [0.25, 0.3) is 11.1 Å². The Hall–Kier alpha value is -2.13. The van der Waals surface area contributed by atoms with Crippen molar-refractivity contribution in [1.29, 1.82) is 0 Å². The number of nitrogens with one attached hydrogen (secondary N) is 1. The van der Waals surface area contributed by atoms with Crippen LogP contribution in [0.5, 0.6) is 0 Å². The highest BCUT2D eigenvalue weighted by atomic mass is 32.2. The van der Waals surface area contributed by atoms with Crippen LogP contribution < -0.4 is 5.76 Å². The molecule has 0 aliphatic rings. The molecule has 0 amide bonds. The maximum Gasteiger partial charge on any atom is 0.417 e. The molecule has 1 heterocycles. The molecule has 0 aliphatic heterocycles. The maximum atomic E-state index is 12.3. The van der Waals surface area contributed by atoms with Gasteiger partial charge in [-0.1, -0.05) is 6.92 Å². The van der Waals surface area contributed by atoms with E-state index >= 15 is 0 Å². The van der Waals surface area contributed by atoms with Gasteiger partial charge in [-0.05, 0) is 12.1 Å². The zero-order chi connectivity index (χ0) is 15.8. The minimum absolute atomic E-state index is 0.0714. The van der Waals surface area contributed by atoms with Crippen molar-refractivity contribution in [2.24, 2.45) is 5.92 Å². The van der Waals surface area contributed by atoms with Gasteiger partial charge in [0, 0.05) is 19.7 Å². The summed E-state index contributed by atoms with van der Waals surface area (Å²) in [5.41, 5.74) is 0.515. The molecule has 2 rings (SSSR count). The van der Waals surface area contributed by atoms with Gasteiger partial charge in [-0.2, -0.15) is 0 Å². The Labute approximate surface area is 120 Å². The van der Waals surface area contributed by atoms with Crippen molar-refractivity contribution in [3.63, 3.8) is 0 Å². The Bertz CT molecular complexity index is 835. The summed E-state index contributed by atoms with van der Waals surface area (Å²) < 4.78 is 30.5. The molecule has 1 aromatic carbocycles. The number of nitrogens with zero attached hydrogens (tertiary/aromatic N) is 1. The van der Waals surface area contributed by atoms with Crippen LogP contribution in [0.15, 0.2) is 32.3 Å². The average Bonchev–Trinajstić information content (AvgIpc) is 2.77. The van der Waals surface area contributed by atoms with E-state index in [9.17, 15) is 18.0 Å². The fourth-order valence-corrected chi connectivity index (χ4v) is 3.10. The molecule has 114 valence electrons. The molecule has 2 aromatic rings. The van der Waals surface area contributed by atoms with E-state index < -0.39 is 27.7 Å². The van der Waals surface area contributed by atoms with Crippen molar-refractivity contribution in [3.05, 3.63) is 28.7 Å². The van der Waals surface area contributed by atoms with E-state index in [2.05, 4.69) is 4.98 Å². The van der Waals surface area contributed by atoms with Gasteiger partial charge < -0.3 is 9.52 Å². The quantitative estimate of drug-likeness (QED) is 0.827. The lowest BCUT2D eigenvalue weighted by molar-refractivity contribution is -0.141. The van der Waals surface area contributed by atoms with Crippen LogP contribution in [0, 0.1) is 5.92 Å². The number of carboxylic acids is 1. The number of aromatic nitrogens is 1. The van der Waals surface area contributed by atoms with E-state index in [1.54, 1.807) is 0 Å². The molecule has 0 bridgehead atoms. The molecule has 0 spiro atoms. The lowest BCUT2D eigenvalue weighted by Gasteiger charge is -2.19. The van der Waals surface area contributed by atoms with Gasteiger partial charge in [0.1, 0.15) is 0 Å². The number of benzene rings is 1. The predicted octanol–water partition coefficient (Wildman–Crippen LogP) is 0.462. The third-order valence-electron chi connectivity index (χ3n) is 3.05. The highest BCUT2D eigenvalue weighted by molar-refractivity contribution is 7.89. The van der Waals surface area contributed by atoms with Crippen LogP contribution >= 0.6 is 0 Å². The highest BCUT2D eigenvalue weighted by Crippen LogP contribution is 2.20. The Morgan fingerprint density at radius 3 is 2.76 bits per heavy atom. The van der Waals surface area contributed by atoms with Crippen LogP contribution in [0.3, 0.4) is 0 Å². The van der Waals surface area contributed by atoms with Crippen LogP contribution in [0.4, 0.5) is 0 Å². The van der Waals surface area contributed by atoms with Gasteiger partial charge in [-0.15, -0.1) is 0 Å². The largest absolute Gasteiger partial charge is 0.481 e. The van der Waals surface area contributed by atoms with E-state index in [1.807, 2.05) is 0 Å². The van der Waals surface area contributed by atoms with E-state index in [1.165, 1.54) is 32.2 Å². The summed E-state index contributed by atoms with van der Waals surface area (Å²) >= 11 is 0. The number of carboxylic acid groups (broad SMARTS) is 1. The molecule has 0 radical (unpaired) electrons. The first-order valence-corrected chi connectivity index (χ1v) is 7.48. The number of sulfonamides is 1. The highest BCUT2D eigenvalue weighted by Gasteiger charge is 2.25. The van der Waals surface area contributed by atoms with Crippen molar-refractivity contribution in [2.45, 2.75) is 11.8 Å². The Morgan fingerprint density at radius 2 is 2.14 bits per heavy atom. The molecular formula is C12H14N2O6S. The number of fused-ring (bicyclic) bond motifs is 1. The second-order valence-electron chi connectivity index (χ2n) is 4.70. The van der Waals surface area contributed by atoms with Gasteiger partial charge in [0.2, 0.25) is 10.0 Å². The second kappa shape index (κ2) is 5.34. The van der Waals surface area contributed by atoms with Gasteiger partial charge >= 0.3 is 11.7 Å². The number of H-pyrrole nitrogens is 1. The number of hydrogen-bond donors (Lipinski definition) is 2. The number of aromatic amines is 1. The summed E-state index contributed by atoms with van der Waals surface area (Å²) in [6.07, 6.45) is 0. The Morgan fingerprint density at radius 1 is 1.48 bits per heavy atom. The van der Waals surface area contributed by atoms with E-state index in [4.69, 9.17) is 9.52 Å². The molecule has 1 atom stereocenters. The zero-order valence-electron chi connectivity index (χ0n) is 11.4. The molecule has 0 fully saturated rings. The van der Waals surface area contributed by atoms with Crippen molar-refractivity contribution < 1.29 is 22.7 Å². The normalized spacial score (nSPS) is 13.7. The molecule has 1 aromatic heterocycles. The second-order valence-corrected chi connectivity index (χ2v) is 6.74. The molecule has 0 saturated heterocycles. The predicted molar refractivity (Wildman–Crippen MR) is 73.5 cm³/mol. The van der Waals surface area contributed by atoms with Crippen LogP contribution in [0.2, 0.25) is 0 Å². The van der Waals surface area contributed by atoms with E-state index in [0.29, 0.717) is 5.52 Å². The van der Waals surface area contributed by atoms with Crippen LogP contribution in [-0.4, -0.2) is 42.4 Å². The van der Waals surface area contributed by atoms with Crippen LogP contribution in [-0.2, 0) is 14.8 Å². The van der Waals surface area contributed by atoms with E-state index in [-0.39, 0.29) is 17.0 Å². The topological polar surface area (TPSA) is 121 Å². The monoisotopic (exact) mass is 314 g/mol. The van der Waals surface area contributed by atoms with Crippen LogP contribution in [0.1, 0.15) is 6.92 Å². The van der Waals surface area contributed by atoms with E-state index in [0.717, 1.165) is 4.31 Å². The van der Waals surface area contributed by atoms with Gasteiger partial charge in [-0.3, -0.25) is 9.78 Å². The molecule has 2 N–H and O–H groups in total. The summed E-state index contributed by atoms with van der Waals surface area (Å²) in [6.45, 7) is 1.26. The lowest BCUT2D eigenvalue weighted by atomic mass is 10.2. The average molecular weight is 314 g/mol. The number of hydrogen-bond acceptors (Lipinski definition) is 5. The van der Waals surface area contributed by atoms with Gasteiger partial charge in [0.15, 0.2) is 5.58 Å². The summed E-state index contributed by atoms with van der Waals surface area (Å²) in [7, 11) is -2.56. The number of carbonyl (C=O) groups is 1. The van der Waals surface area contributed by atoms with Gasteiger partial charge in [0.05, 0.1) is 16.3 Å². The number of rotatable bonds is 5. The maximum absolute atomic E-state index is 12.3. The lowest BCUT2D eigenvalue weighted by Crippen LogP contribution is -2.33. The fourth-order valence-electron chi connectivity index (χ4n) is 1.83. The molecule has 0 saturated carbocycles. The molecule has 0 aliphatic carbocycles. The van der Waals surface area contributed by atoms with Gasteiger partial charge in [-0.25, -0.2) is 17.5 Å².